The lowest BCUT2D eigenvalue weighted by atomic mass is 9.84. The Labute approximate surface area is 150 Å². The molecule has 0 N–H and O–H groups in total. The van der Waals surface area contributed by atoms with Gasteiger partial charge in [0.25, 0.3) is 0 Å². The molecule has 2 heterocycles. The van der Waals surface area contributed by atoms with Gasteiger partial charge in [-0.1, -0.05) is 17.8 Å². The van der Waals surface area contributed by atoms with Crippen LogP contribution >= 0.6 is 11.3 Å². The maximum atomic E-state index is 13.5. The lowest BCUT2D eigenvalue weighted by molar-refractivity contribution is -0.124. The number of halogens is 1. The van der Waals surface area contributed by atoms with Crippen molar-refractivity contribution in [3.05, 3.63) is 24.0 Å². The zero-order valence-electron chi connectivity index (χ0n) is 14.1. The minimum atomic E-state index is -0.270. The molecule has 7 heteroatoms. The normalized spacial score (nSPS) is 19.1. The molecule has 4 rings (SSSR count). The van der Waals surface area contributed by atoms with Crippen molar-refractivity contribution >= 4 is 32.6 Å². The number of amides is 1. The second-order valence-electron chi connectivity index (χ2n) is 6.68. The minimum Gasteiger partial charge on any atom is -0.379 e. The molecule has 2 aromatic rings. The molecule has 0 spiro atoms. The van der Waals surface area contributed by atoms with Crippen LogP contribution < -0.4 is 4.90 Å². The molecule has 1 aliphatic heterocycles. The number of hydrogen-bond donors (Lipinski definition) is 0. The molecule has 1 amide bonds. The van der Waals surface area contributed by atoms with Gasteiger partial charge >= 0.3 is 0 Å². The predicted octanol–water partition coefficient (Wildman–Crippen LogP) is 2.90. The van der Waals surface area contributed by atoms with Gasteiger partial charge in [0.1, 0.15) is 5.82 Å². The molecule has 0 unspecified atom stereocenters. The molecule has 2 fully saturated rings. The Kier molecular flexibility index (Phi) is 4.96. The third kappa shape index (κ3) is 3.68. The minimum absolute atomic E-state index is 0.119. The number of aromatic nitrogens is 1. The highest BCUT2D eigenvalue weighted by molar-refractivity contribution is 7.22. The lowest BCUT2D eigenvalue weighted by Gasteiger charge is -2.33. The van der Waals surface area contributed by atoms with Gasteiger partial charge < -0.3 is 4.74 Å². The number of morpholine rings is 1. The van der Waals surface area contributed by atoms with Crippen LogP contribution in [0.15, 0.2) is 18.2 Å². The van der Waals surface area contributed by atoms with Gasteiger partial charge in [-0.2, -0.15) is 0 Å². The summed E-state index contributed by atoms with van der Waals surface area (Å²) in [6, 6.07) is 4.58. The summed E-state index contributed by atoms with van der Waals surface area (Å²) in [5.74, 6) is 0.0142. The van der Waals surface area contributed by atoms with Crippen LogP contribution in [0.25, 0.3) is 10.2 Å². The monoisotopic (exact) mass is 363 g/mol. The first-order valence-electron chi connectivity index (χ1n) is 8.88. The Balaban J connectivity index is 1.55. The Bertz CT molecular complexity index is 756. The molecule has 1 aliphatic carbocycles. The zero-order valence-corrected chi connectivity index (χ0v) is 14.9. The van der Waals surface area contributed by atoms with Gasteiger partial charge in [-0.25, -0.2) is 9.37 Å². The fourth-order valence-electron chi connectivity index (χ4n) is 3.24. The number of hydrogen-bond acceptors (Lipinski definition) is 5. The van der Waals surface area contributed by atoms with E-state index in [1.54, 1.807) is 6.07 Å². The van der Waals surface area contributed by atoms with Crippen LogP contribution in [0.1, 0.15) is 19.3 Å². The molecule has 1 saturated heterocycles. The average molecular weight is 363 g/mol. The summed E-state index contributed by atoms with van der Waals surface area (Å²) >= 11 is 1.40. The number of carbonyl (C=O) groups is 1. The van der Waals surface area contributed by atoms with E-state index in [1.165, 1.54) is 23.5 Å². The maximum Gasteiger partial charge on any atom is 0.231 e. The molecular weight excluding hydrogens is 341 g/mol. The van der Waals surface area contributed by atoms with Gasteiger partial charge in [-0.15, -0.1) is 0 Å². The van der Waals surface area contributed by atoms with Crippen molar-refractivity contribution in [2.45, 2.75) is 19.3 Å². The SMILES string of the molecule is O=C(C1CCC1)N(CCN1CCOCC1)c1nc2ccc(F)cc2s1. The highest BCUT2D eigenvalue weighted by Crippen LogP contribution is 2.34. The van der Waals surface area contributed by atoms with Gasteiger partial charge in [0.05, 0.1) is 23.4 Å². The van der Waals surface area contributed by atoms with Gasteiger partial charge in [0, 0.05) is 32.1 Å². The summed E-state index contributed by atoms with van der Waals surface area (Å²) in [6.45, 7) is 4.73. The number of carbonyl (C=O) groups excluding carboxylic acids is 1. The number of rotatable bonds is 5. The molecule has 0 atom stereocenters. The third-order valence-electron chi connectivity index (χ3n) is 5.03. The van der Waals surface area contributed by atoms with Crippen molar-refractivity contribution in [1.29, 1.82) is 0 Å². The molecule has 1 aromatic carbocycles. The van der Waals surface area contributed by atoms with Crippen LogP contribution in [0.2, 0.25) is 0 Å². The van der Waals surface area contributed by atoms with E-state index in [4.69, 9.17) is 4.74 Å². The molecule has 1 saturated carbocycles. The second kappa shape index (κ2) is 7.35. The molecule has 25 heavy (non-hydrogen) atoms. The van der Waals surface area contributed by atoms with Gasteiger partial charge in [-0.3, -0.25) is 14.6 Å². The summed E-state index contributed by atoms with van der Waals surface area (Å²) in [6.07, 6.45) is 3.05. The predicted molar refractivity (Wildman–Crippen MR) is 96.5 cm³/mol. The van der Waals surface area contributed by atoms with E-state index in [2.05, 4.69) is 9.88 Å². The first-order chi connectivity index (χ1) is 12.2. The van der Waals surface area contributed by atoms with Crippen molar-refractivity contribution in [3.8, 4) is 0 Å². The highest BCUT2D eigenvalue weighted by atomic mass is 32.1. The van der Waals surface area contributed by atoms with Crippen LogP contribution in [0.3, 0.4) is 0 Å². The van der Waals surface area contributed by atoms with Crippen molar-refractivity contribution in [3.63, 3.8) is 0 Å². The largest absolute Gasteiger partial charge is 0.379 e. The van der Waals surface area contributed by atoms with Crippen molar-refractivity contribution in [1.82, 2.24) is 9.88 Å². The number of anilines is 1. The number of nitrogens with zero attached hydrogens (tertiary/aromatic N) is 3. The van der Waals surface area contributed by atoms with Crippen LogP contribution in [0.4, 0.5) is 9.52 Å². The van der Waals surface area contributed by atoms with Crippen LogP contribution in [0, 0.1) is 11.7 Å². The summed E-state index contributed by atoms with van der Waals surface area (Å²) in [5.41, 5.74) is 0.749. The van der Waals surface area contributed by atoms with Gasteiger partial charge in [-0.05, 0) is 31.0 Å². The lowest BCUT2D eigenvalue weighted by Crippen LogP contribution is -2.45. The topological polar surface area (TPSA) is 45.7 Å². The Hall–Kier alpha value is -1.57. The molecule has 0 bridgehead atoms. The Morgan fingerprint density at radius 2 is 2.16 bits per heavy atom. The smallest absolute Gasteiger partial charge is 0.231 e. The molecule has 2 aliphatic rings. The van der Waals surface area contributed by atoms with E-state index < -0.39 is 0 Å². The molecule has 134 valence electrons. The fourth-order valence-corrected chi connectivity index (χ4v) is 4.27. The quantitative estimate of drug-likeness (QED) is 0.819. The van der Waals surface area contributed by atoms with E-state index >= 15 is 0 Å². The fraction of sp³-hybridized carbons (Fsp3) is 0.556. The Morgan fingerprint density at radius 1 is 1.36 bits per heavy atom. The number of ether oxygens (including phenoxy) is 1. The summed E-state index contributed by atoms with van der Waals surface area (Å²) < 4.78 is 19.6. The summed E-state index contributed by atoms with van der Waals surface area (Å²) in [4.78, 5) is 21.6. The summed E-state index contributed by atoms with van der Waals surface area (Å²) in [7, 11) is 0. The van der Waals surface area contributed by atoms with E-state index in [0.29, 0.717) is 11.7 Å². The molecule has 1 aromatic heterocycles. The van der Waals surface area contributed by atoms with E-state index in [0.717, 1.165) is 62.3 Å². The number of fused-ring (bicyclic) bond motifs is 1. The molecular formula is C18H22FN3O2S. The Morgan fingerprint density at radius 3 is 2.88 bits per heavy atom. The molecule has 5 nitrogen and oxygen atoms in total. The van der Waals surface area contributed by atoms with Gasteiger partial charge in [0.15, 0.2) is 5.13 Å². The van der Waals surface area contributed by atoms with Crippen molar-refractivity contribution < 1.29 is 13.9 Å². The van der Waals surface area contributed by atoms with Crippen molar-refractivity contribution in [2.75, 3.05) is 44.3 Å². The average Bonchev–Trinajstić information content (AvgIpc) is 2.97. The third-order valence-corrected chi connectivity index (χ3v) is 6.08. The number of benzene rings is 1. The molecule has 0 radical (unpaired) electrons. The van der Waals surface area contributed by atoms with E-state index in [1.807, 2.05) is 4.90 Å². The first kappa shape index (κ1) is 16.9. The maximum absolute atomic E-state index is 13.5. The second-order valence-corrected chi connectivity index (χ2v) is 7.69. The standard InChI is InChI=1S/C18H22FN3O2S/c19-14-4-5-15-16(12-14)25-18(20-15)22(17(23)13-2-1-3-13)7-6-21-8-10-24-11-9-21/h4-5,12-13H,1-3,6-11H2. The van der Waals surface area contributed by atoms with E-state index in [9.17, 15) is 9.18 Å². The van der Waals surface area contributed by atoms with Crippen LogP contribution in [-0.2, 0) is 9.53 Å². The van der Waals surface area contributed by atoms with Crippen LogP contribution in [0.5, 0.6) is 0 Å². The summed E-state index contributed by atoms with van der Waals surface area (Å²) in [5, 5.41) is 0.686. The van der Waals surface area contributed by atoms with Crippen molar-refractivity contribution in [2.24, 2.45) is 5.92 Å². The zero-order chi connectivity index (χ0) is 17.2. The van der Waals surface area contributed by atoms with E-state index in [-0.39, 0.29) is 17.6 Å². The number of thiazole rings is 1. The van der Waals surface area contributed by atoms with Crippen LogP contribution in [-0.4, -0.2) is 55.2 Å². The van der Waals surface area contributed by atoms with Gasteiger partial charge in [0.2, 0.25) is 5.91 Å². The highest BCUT2D eigenvalue weighted by Gasteiger charge is 2.32. The first-order valence-corrected chi connectivity index (χ1v) is 9.70.